The number of aryl methyl sites for hydroxylation is 1. The van der Waals surface area contributed by atoms with E-state index in [4.69, 9.17) is 28.7 Å². The van der Waals surface area contributed by atoms with E-state index in [1.54, 1.807) is 42.7 Å². The van der Waals surface area contributed by atoms with E-state index in [9.17, 15) is 29.1 Å². The van der Waals surface area contributed by atoms with Gasteiger partial charge in [-0.05, 0) is 99.9 Å². The Bertz CT molecular complexity index is 2470. The summed E-state index contributed by atoms with van der Waals surface area (Å²) in [7, 11) is 0. The smallest absolute Gasteiger partial charge is 0.350 e. The summed E-state index contributed by atoms with van der Waals surface area (Å²) in [6.07, 6.45) is 5.19. The normalized spacial score (nSPS) is 18.9. The summed E-state index contributed by atoms with van der Waals surface area (Å²) in [5, 5.41) is 12.0. The Morgan fingerprint density at radius 3 is 2.37 bits per heavy atom. The monoisotopic (exact) mass is 808 g/mol. The summed E-state index contributed by atoms with van der Waals surface area (Å²) in [4.78, 5) is 70.5. The molecule has 0 saturated carbocycles. The van der Waals surface area contributed by atoms with Crippen LogP contribution in [0.4, 0.5) is 0 Å². The number of hydrogen-bond acceptors (Lipinski definition) is 12. The number of esters is 4. The highest BCUT2D eigenvalue weighted by Crippen LogP contribution is 2.45. The van der Waals surface area contributed by atoms with E-state index in [0.717, 1.165) is 58.9 Å². The minimum Gasteiger partial charge on any atom is -0.475 e. The van der Waals surface area contributed by atoms with E-state index >= 15 is 0 Å². The number of aliphatic hydroxyl groups is 1. The van der Waals surface area contributed by atoms with Crippen LogP contribution in [-0.4, -0.2) is 50.7 Å². The Kier molecular flexibility index (Phi) is 11.4. The molecule has 59 heavy (non-hydrogen) atoms. The van der Waals surface area contributed by atoms with Gasteiger partial charge in [0.2, 0.25) is 5.60 Å². The number of nitrogens with zero attached hydrogens (tertiary/aromatic N) is 2. The number of benzene rings is 2. The van der Waals surface area contributed by atoms with Crippen molar-refractivity contribution in [2.24, 2.45) is 0 Å². The average molecular weight is 809 g/mol. The summed E-state index contributed by atoms with van der Waals surface area (Å²) in [6, 6.07) is 6.78. The first-order chi connectivity index (χ1) is 28.1. The molecule has 0 amide bonds. The lowest BCUT2D eigenvalue weighted by Gasteiger charge is -2.36. The zero-order valence-corrected chi connectivity index (χ0v) is 34.9. The van der Waals surface area contributed by atoms with Crippen LogP contribution in [0.2, 0.25) is 0 Å². The van der Waals surface area contributed by atoms with Crippen molar-refractivity contribution in [2.45, 2.75) is 137 Å². The summed E-state index contributed by atoms with van der Waals surface area (Å²) in [6.45, 7) is 13.5. The molecule has 3 aliphatic heterocycles. The first-order valence-electron chi connectivity index (χ1n) is 20.7. The van der Waals surface area contributed by atoms with Crippen LogP contribution in [0.1, 0.15) is 124 Å². The fourth-order valence-electron chi connectivity index (χ4n) is 8.54. The van der Waals surface area contributed by atoms with Crippen molar-refractivity contribution in [2.75, 3.05) is 6.61 Å². The van der Waals surface area contributed by atoms with E-state index in [1.165, 1.54) is 0 Å². The molecule has 1 N–H and O–H groups in total. The molecule has 0 aliphatic carbocycles. The van der Waals surface area contributed by atoms with Gasteiger partial charge in [0.25, 0.3) is 5.56 Å². The molecule has 2 aromatic heterocycles. The molecular weight excluding hydrogens is 757 g/mol. The van der Waals surface area contributed by atoms with Crippen LogP contribution in [0.25, 0.3) is 22.3 Å². The molecule has 0 bridgehead atoms. The number of ether oxygens (including phenoxy) is 5. The Balaban J connectivity index is 1.02. The number of hydrogen-bond donors (Lipinski definition) is 1. The predicted molar refractivity (Wildman–Crippen MR) is 218 cm³/mol. The predicted octanol–water partition coefficient (Wildman–Crippen LogP) is 7.07. The lowest BCUT2D eigenvalue weighted by atomic mass is 9.86. The number of rotatable bonds is 13. The third-order valence-electron chi connectivity index (χ3n) is 12.3. The molecule has 7 rings (SSSR count). The molecule has 0 radical (unpaired) electrons. The Labute approximate surface area is 343 Å². The lowest BCUT2D eigenvalue weighted by Crippen LogP contribution is -2.46. The molecule has 2 aromatic carbocycles. The maximum Gasteiger partial charge on any atom is 0.350 e. The minimum atomic E-state index is -1.92. The zero-order chi connectivity index (χ0) is 42.4. The van der Waals surface area contributed by atoms with Crippen LogP contribution >= 0.6 is 0 Å². The van der Waals surface area contributed by atoms with Gasteiger partial charge < -0.3 is 33.4 Å². The highest BCUT2D eigenvalue weighted by molar-refractivity contribution is 5.91. The topological polar surface area (TPSA) is 170 Å². The second-order valence-electron chi connectivity index (χ2n) is 16.0. The quantitative estimate of drug-likeness (QED) is 0.0731. The van der Waals surface area contributed by atoms with Crippen LogP contribution in [-0.2, 0) is 60.2 Å². The molecule has 312 valence electrons. The molecule has 0 unspecified atom stereocenters. The highest BCUT2D eigenvalue weighted by atomic mass is 16.6. The van der Waals surface area contributed by atoms with Crippen molar-refractivity contribution in [1.29, 1.82) is 0 Å². The van der Waals surface area contributed by atoms with Gasteiger partial charge in [-0.15, -0.1) is 0 Å². The number of aromatic nitrogens is 2. The second kappa shape index (κ2) is 16.2. The number of pyridine rings is 2. The first-order valence-corrected chi connectivity index (χ1v) is 20.7. The van der Waals surface area contributed by atoms with Gasteiger partial charge in [-0.3, -0.25) is 14.4 Å². The number of unbranched alkanes of at least 4 members (excludes halogenated alkanes) is 3. The van der Waals surface area contributed by atoms with Gasteiger partial charge in [0.05, 0.1) is 48.5 Å². The number of carbonyl (C=O) groups excluding carboxylic acids is 4. The number of cyclic esters (lactones) is 1. The molecular formula is C46H52N2O11. The molecule has 2 atom stereocenters. The Morgan fingerprint density at radius 2 is 1.66 bits per heavy atom. The third-order valence-corrected chi connectivity index (χ3v) is 12.3. The highest BCUT2D eigenvalue weighted by Gasteiger charge is 2.46. The van der Waals surface area contributed by atoms with E-state index in [-0.39, 0.29) is 60.8 Å². The molecule has 0 spiro atoms. The van der Waals surface area contributed by atoms with Crippen LogP contribution in [0.5, 0.6) is 17.2 Å². The van der Waals surface area contributed by atoms with Crippen molar-refractivity contribution in [3.05, 3.63) is 79.1 Å². The van der Waals surface area contributed by atoms with Crippen molar-refractivity contribution < 1.29 is 48.0 Å². The van der Waals surface area contributed by atoms with Crippen molar-refractivity contribution in [3.63, 3.8) is 0 Å². The standard InChI is InChI=1S/C46H52N2O11/c1-8-11-12-13-20-55-43(52)45(7)19-18-30-27(6)40(25(4)26(5)41(30)59-45)58-38(50)17-16-37(49)57-28-14-15-35-31(21-28)29(9-2)32-23-48-36(39(32)47-35)22-34-33(42(48)51)24-56-44(53)46(34,54)10-3/h14-15,21-22,54H,8-13,16-20,23-24H2,1-7H3/t45-,46+/m1/s1. The summed E-state index contributed by atoms with van der Waals surface area (Å²) in [5.74, 6) is -1.05. The fourth-order valence-corrected chi connectivity index (χ4v) is 8.54. The molecule has 3 aliphatic rings. The molecule has 13 nitrogen and oxygen atoms in total. The third kappa shape index (κ3) is 7.38. The van der Waals surface area contributed by atoms with E-state index < -0.39 is 29.1 Å². The van der Waals surface area contributed by atoms with Gasteiger partial charge in [-0.2, -0.15) is 0 Å². The van der Waals surface area contributed by atoms with Crippen molar-refractivity contribution >= 4 is 34.8 Å². The molecule has 0 saturated heterocycles. The van der Waals surface area contributed by atoms with Gasteiger partial charge in [0, 0.05) is 28.5 Å². The van der Waals surface area contributed by atoms with Gasteiger partial charge in [0.1, 0.15) is 23.9 Å². The zero-order valence-electron chi connectivity index (χ0n) is 34.9. The Morgan fingerprint density at radius 1 is 0.915 bits per heavy atom. The first kappa shape index (κ1) is 41.6. The summed E-state index contributed by atoms with van der Waals surface area (Å²) < 4.78 is 30.3. The van der Waals surface area contributed by atoms with E-state index in [2.05, 4.69) is 6.92 Å². The lowest BCUT2D eigenvalue weighted by molar-refractivity contribution is -0.172. The minimum absolute atomic E-state index is 0.0484. The maximum atomic E-state index is 13.7. The van der Waals surface area contributed by atoms with E-state index in [1.807, 2.05) is 27.7 Å². The molecule has 4 aromatic rings. The van der Waals surface area contributed by atoms with E-state index in [0.29, 0.717) is 59.8 Å². The number of fused-ring (bicyclic) bond motifs is 6. The van der Waals surface area contributed by atoms with Crippen LogP contribution in [0.15, 0.2) is 29.1 Å². The fraction of sp³-hybridized carbons (Fsp3) is 0.478. The van der Waals surface area contributed by atoms with Gasteiger partial charge >= 0.3 is 23.9 Å². The van der Waals surface area contributed by atoms with Gasteiger partial charge in [0.15, 0.2) is 5.60 Å². The van der Waals surface area contributed by atoms with Gasteiger partial charge in [-0.25, -0.2) is 14.6 Å². The molecule has 5 heterocycles. The van der Waals surface area contributed by atoms with Crippen molar-refractivity contribution in [3.8, 4) is 28.6 Å². The van der Waals surface area contributed by atoms with Crippen molar-refractivity contribution in [1.82, 2.24) is 9.55 Å². The SMILES string of the molecule is CCCCCCOC(=O)[C@@]1(C)CCc2c(C)c(OC(=O)CCC(=O)Oc3ccc4nc5c(c(CC)c4c3)Cn3c-5cc4c(c3=O)COC(=O)[C@]4(O)CC)c(C)c(C)c2O1. The maximum absolute atomic E-state index is 13.7. The van der Waals surface area contributed by atoms with Crippen LogP contribution in [0, 0.1) is 20.8 Å². The summed E-state index contributed by atoms with van der Waals surface area (Å²) in [5.41, 5.74) is 3.68. The molecule has 0 fully saturated rings. The Hall–Kier alpha value is -5.56. The molecule has 13 heteroatoms. The largest absolute Gasteiger partial charge is 0.475 e. The van der Waals surface area contributed by atoms with Gasteiger partial charge in [-0.1, -0.05) is 40.0 Å². The second-order valence-corrected chi connectivity index (χ2v) is 16.0. The number of carbonyl (C=O) groups is 4. The average Bonchev–Trinajstić information content (AvgIpc) is 3.59. The summed E-state index contributed by atoms with van der Waals surface area (Å²) >= 11 is 0. The van der Waals surface area contributed by atoms with Crippen LogP contribution in [0.3, 0.4) is 0 Å². The van der Waals surface area contributed by atoms with Crippen LogP contribution < -0.4 is 19.8 Å².